The molecule has 0 aromatic heterocycles. The summed E-state index contributed by atoms with van der Waals surface area (Å²) in [7, 11) is 0. The van der Waals surface area contributed by atoms with Gasteiger partial charge in [-0.15, -0.1) is 0 Å². The molecule has 0 fully saturated rings. The number of benzene rings is 2. The Labute approximate surface area is 138 Å². The third-order valence-corrected chi connectivity index (χ3v) is 3.77. The first kappa shape index (κ1) is 15.5. The Morgan fingerprint density at radius 3 is 2.83 bits per heavy atom. The molecule has 3 rings (SSSR count). The van der Waals surface area contributed by atoms with E-state index in [0.717, 1.165) is 12.0 Å². The second-order valence-corrected chi connectivity index (χ2v) is 5.62. The number of aromatic carboxylic acids is 1. The first-order chi connectivity index (χ1) is 11.1. The van der Waals surface area contributed by atoms with Gasteiger partial charge in [0.05, 0.1) is 17.9 Å². The molecule has 0 saturated heterocycles. The summed E-state index contributed by atoms with van der Waals surface area (Å²) in [5, 5.41) is 12.9. The fourth-order valence-corrected chi connectivity index (χ4v) is 2.50. The van der Waals surface area contributed by atoms with Crippen LogP contribution in [0.1, 0.15) is 22.3 Å². The highest BCUT2D eigenvalue weighted by molar-refractivity contribution is 6.30. The number of anilines is 1. The molecular weight excluding hydrogens is 318 g/mol. The topological polar surface area (TPSA) is 67.8 Å². The van der Waals surface area contributed by atoms with Gasteiger partial charge in [-0.25, -0.2) is 4.79 Å². The fourth-order valence-electron chi connectivity index (χ4n) is 2.34. The van der Waals surface area contributed by atoms with Gasteiger partial charge in [-0.2, -0.15) is 0 Å². The predicted molar refractivity (Wildman–Crippen MR) is 87.8 cm³/mol. The van der Waals surface area contributed by atoms with Crippen LogP contribution in [-0.4, -0.2) is 24.2 Å². The maximum absolute atomic E-state index is 11.1. The van der Waals surface area contributed by atoms with Gasteiger partial charge in [0.25, 0.3) is 0 Å². The van der Waals surface area contributed by atoms with Crippen molar-refractivity contribution < 1.29 is 19.4 Å². The Balaban J connectivity index is 1.91. The van der Waals surface area contributed by atoms with Gasteiger partial charge in [0.15, 0.2) is 0 Å². The van der Waals surface area contributed by atoms with E-state index in [2.05, 4.69) is 5.32 Å². The molecule has 23 heavy (non-hydrogen) atoms. The van der Waals surface area contributed by atoms with Crippen molar-refractivity contribution in [3.8, 4) is 11.5 Å². The average molecular weight is 334 g/mol. The number of hydrogen-bond acceptors (Lipinski definition) is 4. The molecule has 1 heterocycles. The lowest BCUT2D eigenvalue weighted by Gasteiger charge is -2.14. The zero-order chi connectivity index (χ0) is 16.2. The minimum Gasteiger partial charge on any atom is -0.493 e. The van der Waals surface area contributed by atoms with Gasteiger partial charge < -0.3 is 19.9 Å². The number of halogens is 1. The summed E-state index contributed by atoms with van der Waals surface area (Å²) >= 11 is 6.02. The van der Waals surface area contributed by atoms with Crippen LogP contribution >= 0.6 is 11.6 Å². The third-order valence-electron chi connectivity index (χ3n) is 3.53. The van der Waals surface area contributed by atoms with Crippen LogP contribution in [0.15, 0.2) is 36.4 Å². The number of fused-ring (bicyclic) bond motifs is 2. The highest BCUT2D eigenvalue weighted by Gasteiger charge is 2.13. The first-order valence-electron chi connectivity index (χ1n) is 7.29. The maximum Gasteiger partial charge on any atom is 0.335 e. The van der Waals surface area contributed by atoms with Gasteiger partial charge in [-0.3, -0.25) is 0 Å². The summed E-state index contributed by atoms with van der Waals surface area (Å²) in [5.74, 6) is 0.355. The maximum atomic E-state index is 11.1. The van der Waals surface area contributed by atoms with Crippen molar-refractivity contribution >= 4 is 23.3 Å². The minimum atomic E-state index is -0.966. The molecule has 120 valence electrons. The van der Waals surface area contributed by atoms with Crippen molar-refractivity contribution in [2.45, 2.75) is 13.0 Å². The van der Waals surface area contributed by atoms with E-state index >= 15 is 0 Å². The van der Waals surface area contributed by atoms with Gasteiger partial charge in [-0.05, 0) is 36.8 Å². The van der Waals surface area contributed by atoms with Crippen LogP contribution in [0.25, 0.3) is 0 Å². The van der Waals surface area contributed by atoms with E-state index in [4.69, 9.17) is 26.2 Å². The fraction of sp³-hybridized carbons (Fsp3) is 0.235. The Morgan fingerprint density at radius 2 is 2.00 bits per heavy atom. The number of carboxylic acid groups (broad SMARTS) is 1. The Bertz CT molecular complexity index is 733. The minimum absolute atomic E-state index is 0.221. The highest BCUT2D eigenvalue weighted by Crippen LogP contribution is 2.30. The molecule has 5 nitrogen and oxygen atoms in total. The monoisotopic (exact) mass is 333 g/mol. The van der Waals surface area contributed by atoms with Gasteiger partial charge in [0, 0.05) is 17.1 Å². The molecule has 1 aliphatic rings. The Morgan fingerprint density at radius 1 is 1.13 bits per heavy atom. The third kappa shape index (κ3) is 3.68. The van der Waals surface area contributed by atoms with E-state index in [1.807, 2.05) is 6.07 Å². The van der Waals surface area contributed by atoms with Crippen molar-refractivity contribution in [2.75, 3.05) is 18.5 Å². The molecule has 0 atom stereocenters. The number of rotatable bonds is 1. The van der Waals surface area contributed by atoms with Crippen molar-refractivity contribution in [1.29, 1.82) is 0 Å². The smallest absolute Gasteiger partial charge is 0.335 e. The van der Waals surface area contributed by atoms with Crippen LogP contribution in [0, 0.1) is 0 Å². The summed E-state index contributed by atoms with van der Waals surface area (Å²) in [6.45, 7) is 1.50. The lowest BCUT2D eigenvalue weighted by atomic mass is 10.2. The van der Waals surface area contributed by atoms with Crippen LogP contribution in [0.3, 0.4) is 0 Å². The number of ether oxygens (including phenoxy) is 2. The van der Waals surface area contributed by atoms with Crippen molar-refractivity contribution in [1.82, 2.24) is 0 Å². The van der Waals surface area contributed by atoms with E-state index in [9.17, 15) is 4.79 Å². The lowest BCUT2D eigenvalue weighted by molar-refractivity contribution is 0.0697. The number of hydrogen-bond donors (Lipinski definition) is 2. The largest absolute Gasteiger partial charge is 0.493 e. The molecule has 1 aliphatic heterocycles. The first-order valence-corrected chi connectivity index (χ1v) is 7.66. The van der Waals surface area contributed by atoms with Gasteiger partial charge in [0.2, 0.25) is 0 Å². The second-order valence-electron chi connectivity index (χ2n) is 5.19. The normalized spacial score (nSPS) is 14.1. The molecule has 0 bridgehead atoms. The zero-order valence-electron chi connectivity index (χ0n) is 12.3. The molecule has 6 heteroatoms. The van der Waals surface area contributed by atoms with E-state index in [1.54, 1.807) is 24.3 Å². The summed E-state index contributed by atoms with van der Waals surface area (Å²) in [6, 6.07) is 10.2. The van der Waals surface area contributed by atoms with Gasteiger partial charge >= 0.3 is 5.97 Å². The number of nitrogens with one attached hydrogen (secondary N) is 1. The molecule has 0 saturated carbocycles. The molecule has 2 aromatic carbocycles. The second kappa shape index (κ2) is 6.79. The molecule has 0 spiro atoms. The average Bonchev–Trinajstić information content (AvgIpc) is 2.57. The zero-order valence-corrected chi connectivity index (χ0v) is 13.1. The van der Waals surface area contributed by atoms with Crippen LogP contribution in [0.5, 0.6) is 11.5 Å². The Hall–Kier alpha value is -2.40. The van der Waals surface area contributed by atoms with Crippen molar-refractivity contribution in [3.05, 3.63) is 52.5 Å². The summed E-state index contributed by atoms with van der Waals surface area (Å²) in [5.41, 5.74) is 1.78. The molecule has 2 N–H and O–H groups in total. The molecule has 2 aromatic rings. The van der Waals surface area contributed by atoms with Crippen molar-refractivity contribution in [2.24, 2.45) is 0 Å². The summed E-state index contributed by atoms with van der Waals surface area (Å²) in [6.07, 6.45) is 0.767. The Kier molecular flexibility index (Phi) is 4.57. The van der Waals surface area contributed by atoms with Crippen LogP contribution in [-0.2, 0) is 6.61 Å². The van der Waals surface area contributed by atoms with E-state index in [0.29, 0.717) is 42.0 Å². The lowest BCUT2D eigenvalue weighted by Crippen LogP contribution is -2.08. The molecule has 0 amide bonds. The molecule has 0 radical (unpaired) electrons. The highest BCUT2D eigenvalue weighted by atomic mass is 35.5. The number of carbonyl (C=O) groups is 1. The number of carboxylic acids is 1. The van der Waals surface area contributed by atoms with Gasteiger partial charge in [0.1, 0.15) is 18.1 Å². The van der Waals surface area contributed by atoms with Gasteiger partial charge in [-0.1, -0.05) is 17.7 Å². The standard InChI is InChI=1S/C17H16ClNO4/c18-13-4-2-12-10-23-15-5-3-11(17(20)21)8-14(15)19-6-1-7-22-16(12)9-13/h2-5,8-9,19H,1,6-7,10H2,(H,20,21). The quantitative estimate of drug-likeness (QED) is 0.830. The molecule has 0 aliphatic carbocycles. The molecule has 0 unspecified atom stereocenters. The van der Waals surface area contributed by atoms with E-state index in [-0.39, 0.29) is 5.56 Å². The van der Waals surface area contributed by atoms with Crippen LogP contribution in [0.2, 0.25) is 5.02 Å². The van der Waals surface area contributed by atoms with Crippen LogP contribution in [0.4, 0.5) is 5.69 Å². The van der Waals surface area contributed by atoms with Crippen LogP contribution < -0.4 is 14.8 Å². The van der Waals surface area contributed by atoms with Crippen molar-refractivity contribution in [3.63, 3.8) is 0 Å². The summed E-state index contributed by atoms with van der Waals surface area (Å²) < 4.78 is 11.6. The SMILES string of the molecule is O=C(O)c1ccc2c(c1)NCCCOc1cc(Cl)ccc1CO2. The van der Waals surface area contributed by atoms with E-state index < -0.39 is 5.97 Å². The van der Waals surface area contributed by atoms with E-state index in [1.165, 1.54) is 6.07 Å². The predicted octanol–water partition coefficient (Wildman–Crippen LogP) is 3.81. The summed E-state index contributed by atoms with van der Waals surface area (Å²) in [4.78, 5) is 11.1. The molecular formula is C17H16ClNO4.